The van der Waals surface area contributed by atoms with Gasteiger partial charge in [-0.25, -0.2) is 4.68 Å². The molecule has 28 heavy (non-hydrogen) atoms. The third-order valence-corrected chi connectivity index (χ3v) is 4.60. The molecule has 4 rings (SSSR count). The van der Waals surface area contributed by atoms with E-state index in [1.807, 2.05) is 35.7 Å². The Hall–Kier alpha value is -3.55. The lowest BCUT2D eigenvalue weighted by Gasteiger charge is -2.11. The zero-order chi connectivity index (χ0) is 19.5. The normalized spacial score (nSPS) is 11.2. The molecule has 0 spiro atoms. The second-order valence-electron chi connectivity index (χ2n) is 6.50. The van der Waals surface area contributed by atoms with Crippen LogP contribution in [0.5, 0.6) is 0 Å². The van der Waals surface area contributed by atoms with Crippen molar-refractivity contribution in [2.24, 2.45) is 0 Å². The Labute approximate surface area is 160 Å². The molecule has 1 amide bonds. The van der Waals surface area contributed by atoms with Crippen LogP contribution in [0.4, 0.5) is 0 Å². The van der Waals surface area contributed by atoms with Gasteiger partial charge < -0.3 is 5.32 Å². The summed E-state index contributed by atoms with van der Waals surface area (Å²) in [6.45, 7) is 2.73. The number of aryl methyl sites for hydroxylation is 1. The Morgan fingerprint density at radius 1 is 1.07 bits per heavy atom. The Balaban J connectivity index is 1.66. The minimum Gasteiger partial charge on any atom is -0.343 e. The minimum atomic E-state index is -0.353. The number of aromatic nitrogens is 5. The van der Waals surface area contributed by atoms with Crippen molar-refractivity contribution in [2.45, 2.75) is 32.9 Å². The lowest BCUT2D eigenvalue weighted by molar-refractivity contribution is 0.0944. The van der Waals surface area contributed by atoms with Gasteiger partial charge in [-0.2, -0.15) is 5.10 Å². The zero-order valence-electron chi connectivity index (χ0n) is 15.5. The van der Waals surface area contributed by atoms with Gasteiger partial charge in [0.25, 0.3) is 11.5 Å². The van der Waals surface area contributed by atoms with Gasteiger partial charge in [0.1, 0.15) is 0 Å². The molecule has 4 aromatic rings. The van der Waals surface area contributed by atoms with E-state index in [1.54, 1.807) is 24.3 Å². The van der Waals surface area contributed by atoms with E-state index < -0.39 is 0 Å². The van der Waals surface area contributed by atoms with Gasteiger partial charge in [-0.15, -0.1) is 10.2 Å². The maximum atomic E-state index is 12.9. The van der Waals surface area contributed by atoms with Crippen molar-refractivity contribution in [3.05, 3.63) is 70.5 Å². The van der Waals surface area contributed by atoms with E-state index in [0.29, 0.717) is 28.8 Å². The molecule has 0 saturated carbocycles. The molecule has 1 N–H and O–H groups in total. The summed E-state index contributed by atoms with van der Waals surface area (Å²) in [6, 6.07) is 12.7. The number of pyridine rings is 1. The summed E-state index contributed by atoms with van der Waals surface area (Å²) in [7, 11) is 0. The lowest BCUT2D eigenvalue weighted by atomic mass is 10.1. The van der Waals surface area contributed by atoms with Crippen LogP contribution in [0.3, 0.4) is 0 Å². The van der Waals surface area contributed by atoms with Gasteiger partial charge >= 0.3 is 0 Å². The molecule has 1 aromatic carbocycles. The predicted octanol–water partition coefficient (Wildman–Crippen LogP) is 2.17. The second-order valence-corrected chi connectivity index (χ2v) is 6.50. The average molecular weight is 376 g/mol. The number of benzene rings is 1. The molecular formula is C20H20N6O2. The van der Waals surface area contributed by atoms with Gasteiger partial charge in [-0.1, -0.05) is 37.6 Å². The van der Waals surface area contributed by atoms with Crippen molar-refractivity contribution in [1.29, 1.82) is 0 Å². The molecule has 0 radical (unpaired) electrons. The van der Waals surface area contributed by atoms with Gasteiger partial charge in [0.15, 0.2) is 17.2 Å². The first kappa shape index (κ1) is 17.8. The van der Waals surface area contributed by atoms with Crippen molar-refractivity contribution >= 4 is 22.3 Å². The molecule has 0 saturated heterocycles. The Kier molecular flexibility index (Phi) is 4.84. The Bertz CT molecular complexity index is 1210. The number of nitrogens with one attached hydrogen (secondary N) is 1. The van der Waals surface area contributed by atoms with Crippen LogP contribution >= 0.6 is 0 Å². The molecule has 0 fully saturated rings. The van der Waals surface area contributed by atoms with Gasteiger partial charge in [0.05, 0.1) is 11.9 Å². The highest BCUT2D eigenvalue weighted by molar-refractivity contribution is 6.04. The molecule has 0 bridgehead atoms. The molecule has 8 nitrogen and oxygen atoms in total. The molecule has 8 heteroatoms. The van der Waals surface area contributed by atoms with Crippen molar-refractivity contribution < 1.29 is 4.79 Å². The minimum absolute atomic E-state index is 0.177. The summed E-state index contributed by atoms with van der Waals surface area (Å²) in [4.78, 5) is 25.5. The first-order valence-electron chi connectivity index (χ1n) is 9.25. The van der Waals surface area contributed by atoms with Crippen LogP contribution in [0.2, 0.25) is 0 Å². The number of carbonyl (C=O) groups excluding carboxylic acids is 1. The van der Waals surface area contributed by atoms with Crippen LogP contribution in [0.1, 0.15) is 36.1 Å². The first-order chi connectivity index (χ1) is 13.7. The zero-order valence-corrected chi connectivity index (χ0v) is 15.5. The van der Waals surface area contributed by atoms with Crippen LogP contribution in [0, 0.1) is 0 Å². The number of hydrogen-bond donors (Lipinski definition) is 1. The molecule has 0 aliphatic rings. The van der Waals surface area contributed by atoms with Crippen LogP contribution in [-0.2, 0) is 13.1 Å². The number of unbranched alkanes of at least 4 members (excludes halogenated alkanes) is 1. The van der Waals surface area contributed by atoms with E-state index in [9.17, 15) is 9.59 Å². The third-order valence-electron chi connectivity index (χ3n) is 4.60. The maximum absolute atomic E-state index is 12.9. The highest BCUT2D eigenvalue weighted by Crippen LogP contribution is 2.14. The SMILES string of the molecule is CCCCn1nc(C(=O)NCc2nnc3ccccn23)c2ccccc2c1=O. The monoisotopic (exact) mass is 376 g/mol. The number of hydrogen-bond acceptors (Lipinski definition) is 5. The van der Waals surface area contributed by atoms with E-state index in [2.05, 4.69) is 20.6 Å². The summed E-state index contributed by atoms with van der Waals surface area (Å²) in [5.74, 6) is 0.265. The molecule has 3 aromatic heterocycles. The largest absolute Gasteiger partial charge is 0.343 e. The summed E-state index contributed by atoms with van der Waals surface area (Å²) < 4.78 is 3.20. The van der Waals surface area contributed by atoms with E-state index in [-0.39, 0.29) is 23.7 Å². The van der Waals surface area contributed by atoms with Crippen molar-refractivity contribution in [1.82, 2.24) is 29.7 Å². The molecule has 0 atom stereocenters. The van der Waals surface area contributed by atoms with Gasteiger partial charge in [-0.3, -0.25) is 14.0 Å². The fourth-order valence-electron chi connectivity index (χ4n) is 3.12. The van der Waals surface area contributed by atoms with Crippen LogP contribution in [0.15, 0.2) is 53.5 Å². The van der Waals surface area contributed by atoms with Gasteiger partial charge in [0.2, 0.25) is 0 Å². The summed E-state index contributed by atoms with van der Waals surface area (Å²) >= 11 is 0. The Morgan fingerprint density at radius 3 is 2.68 bits per heavy atom. The van der Waals surface area contributed by atoms with Crippen molar-refractivity contribution in [2.75, 3.05) is 0 Å². The van der Waals surface area contributed by atoms with Crippen molar-refractivity contribution in [3.8, 4) is 0 Å². The number of nitrogens with zero attached hydrogens (tertiary/aromatic N) is 5. The molecule has 0 aliphatic carbocycles. The number of amides is 1. The summed E-state index contributed by atoms with van der Waals surface area (Å²) in [6.07, 6.45) is 3.59. The van der Waals surface area contributed by atoms with Crippen LogP contribution in [-0.4, -0.2) is 30.3 Å². The maximum Gasteiger partial charge on any atom is 0.274 e. The molecule has 0 unspecified atom stereocenters. The predicted molar refractivity (Wildman–Crippen MR) is 105 cm³/mol. The standard InChI is InChI=1S/C20H20N6O2/c1-2-3-12-26-20(28)15-9-5-4-8-14(15)18(24-26)19(27)21-13-17-23-22-16-10-6-7-11-25(16)17/h4-11H,2-3,12-13H2,1H3,(H,21,27). The fraction of sp³-hybridized carbons (Fsp3) is 0.250. The number of rotatable bonds is 6. The smallest absolute Gasteiger partial charge is 0.274 e. The topological polar surface area (TPSA) is 94.2 Å². The summed E-state index contributed by atoms with van der Waals surface area (Å²) in [5.41, 5.74) is 0.771. The summed E-state index contributed by atoms with van der Waals surface area (Å²) in [5, 5.41) is 16.4. The van der Waals surface area contributed by atoms with Gasteiger partial charge in [0, 0.05) is 18.1 Å². The van der Waals surface area contributed by atoms with E-state index >= 15 is 0 Å². The lowest BCUT2D eigenvalue weighted by Crippen LogP contribution is -2.31. The first-order valence-corrected chi connectivity index (χ1v) is 9.25. The highest BCUT2D eigenvalue weighted by Gasteiger charge is 2.17. The number of carbonyl (C=O) groups is 1. The fourth-order valence-corrected chi connectivity index (χ4v) is 3.12. The molecule has 142 valence electrons. The Morgan fingerprint density at radius 2 is 1.86 bits per heavy atom. The van der Waals surface area contributed by atoms with Crippen molar-refractivity contribution in [3.63, 3.8) is 0 Å². The third kappa shape index (κ3) is 3.24. The average Bonchev–Trinajstić information content (AvgIpc) is 3.15. The second kappa shape index (κ2) is 7.59. The van der Waals surface area contributed by atoms with E-state index in [0.717, 1.165) is 12.8 Å². The van der Waals surface area contributed by atoms with Crippen LogP contribution in [0.25, 0.3) is 16.4 Å². The number of fused-ring (bicyclic) bond motifs is 2. The quantitative estimate of drug-likeness (QED) is 0.557. The van der Waals surface area contributed by atoms with Crippen LogP contribution < -0.4 is 10.9 Å². The molecule has 0 aliphatic heterocycles. The van der Waals surface area contributed by atoms with Gasteiger partial charge in [-0.05, 0) is 24.6 Å². The molecular weight excluding hydrogens is 356 g/mol. The molecule has 3 heterocycles. The van der Waals surface area contributed by atoms with E-state index in [1.165, 1.54) is 4.68 Å². The highest BCUT2D eigenvalue weighted by atomic mass is 16.2. The van der Waals surface area contributed by atoms with E-state index in [4.69, 9.17) is 0 Å².